The van der Waals surface area contributed by atoms with Crippen molar-refractivity contribution >= 4 is 17.4 Å². The molecule has 0 aliphatic carbocycles. The number of nitrogens with zero attached hydrogens (tertiary/aromatic N) is 1. The van der Waals surface area contributed by atoms with E-state index in [1.807, 2.05) is 0 Å². The van der Waals surface area contributed by atoms with Gasteiger partial charge in [-0.1, -0.05) is 12.1 Å². The molecule has 0 bridgehead atoms. The van der Waals surface area contributed by atoms with Gasteiger partial charge in [-0.15, -0.1) is 0 Å². The van der Waals surface area contributed by atoms with Crippen molar-refractivity contribution < 1.29 is 14.3 Å². The molecule has 1 aliphatic heterocycles. The number of benzene rings is 1. The van der Waals surface area contributed by atoms with Gasteiger partial charge in [0.1, 0.15) is 6.73 Å². The topological polar surface area (TPSA) is 46.6 Å². The van der Waals surface area contributed by atoms with Gasteiger partial charge in [-0.3, -0.25) is 14.5 Å². The first-order valence-electron chi connectivity index (χ1n) is 4.20. The van der Waals surface area contributed by atoms with E-state index >= 15 is 0 Å². The standard InChI is InChI=1S/C10H9NO3/c1-14-6-11-8-5-3-2-4-7(8)9(12)10(11)13/h2-5H,6H2,1H3. The highest BCUT2D eigenvalue weighted by molar-refractivity contribution is 6.52. The van der Waals surface area contributed by atoms with Crippen molar-refractivity contribution in [2.75, 3.05) is 18.7 Å². The van der Waals surface area contributed by atoms with Crippen LogP contribution in [0.4, 0.5) is 5.69 Å². The van der Waals surface area contributed by atoms with Gasteiger partial charge in [0.15, 0.2) is 0 Å². The van der Waals surface area contributed by atoms with E-state index in [0.717, 1.165) is 0 Å². The van der Waals surface area contributed by atoms with Crippen molar-refractivity contribution in [3.63, 3.8) is 0 Å². The van der Waals surface area contributed by atoms with Gasteiger partial charge in [0.2, 0.25) is 0 Å². The summed E-state index contributed by atoms with van der Waals surface area (Å²) >= 11 is 0. The molecule has 0 spiro atoms. The van der Waals surface area contributed by atoms with Crippen molar-refractivity contribution in [2.24, 2.45) is 0 Å². The summed E-state index contributed by atoms with van der Waals surface area (Å²) in [7, 11) is 1.48. The van der Waals surface area contributed by atoms with E-state index in [9.17, 15) is 9.59 Å². The van der Waals surface area contributed by atoms with Crippen molar-refractivity contribution in [3.05, 3.63) is 29.8 Å². The monoisotopic (exact) mass is 191 g/mol. The molecule has 14 heavy (non-hydrogen) atoms. The van der Waals surface area contributed by atoms with E-state index in [0.29, 0.717) is 11.3 Å². The average Bonchev–Trinajstić information content (AvgIpc) is 2.45. The molecule has 0 radical (unpaired) electrons. The second-order valence-electron chi connectivity index (χ2n) is 3.00. The summed E-state index contributed by atoms with van der Waals surface area (Å²) in [6.07, 6.45) is 0. The highest BCUT2D eigenvalue weighted by Crippen LogP contribution is 2.27. The van der Waals surface area contributed by atoms with Gasteiger partial charge in [-0.2, -0.15) is 0 Å². The SMILES string of the molecule is COCN1C(=O)C(=O)c2ccccc21. The van der Waals surface area contributed by atoms with Crippen molar-refractivity contribution in [1.29, 1.82) is 0 Å². The predicted molar refractivity (Wildman–Crippen MR) is 50.1 cm³/mol. The van der Waals surface area contributed by atoms with Crippen molar-refractivity contribution in [3.8, 4) is 0 Å². The molecule has 0 fully saturated rings. The summed E-state index contributed by atoms with van der Waals surface area (Å²) in [4.78, 5) is 24.2. The molecule has 0 saturated carbocycles. The highest BCUT2D eigenvalue weighted by Gasteiger charge is 2.34. The third kappa shape index (κ3) is 1.12. The van der Waals surface area contributed by atoms with Crippen LogP contribution in [0.1, 0.15) is 10.4 Å². The fourth-order valence-electron chi connectivity index (χ4n) is 1.51. The number of ketones is 1. The predicted octanol–water partition coefficient (Wildman–Crippen LogP) is 0.820. The lowest BCUT2D eigenvalue weighted by Crippen LogP contribution is -2.31. The van der Waals surface area contributed by atoms with Crippen LogP contribution < -0.4 is 4.90 Å². The summed E-state index contributed by atoms with van der Waals surface area (Å²) in [5.41, 5.74) is 1.08. The quantitative estimate of drug-likeness (QED) is 0.650. The number of hydrogen-bond donors (Lipinski definition) is 0. The molecule has 0 atom stereocenters. The Morgan fingerprint density at radius 1 is 1.29 bits per heavy atom. The molecule has 1 amide bonds. The Morgan fingerprint density at radius 3 is 2.71 bits per heavy atom. The average molecular weight is 191 g/mol. The lowest BCUT2D eigenvalue weighted by molar-refractivity contribution is -0.115. The van der Waals surface area contributed by atoms with Crippen LogP contribution in [0.25, 0.3) is 0 Å². The van der Waals surface area contributed by atoms with Crippen LogP contribution in [-0.2, 0) is 9.53 Å². The number of fused-ring (bicyclic) bond motifs is 1. The summed E-state index contributed by atoms with van der Waals surface area (Å²) in [5.74, 6) is -0.981. The molecular formula is C10H9NO3. The maximum atomic E-state index is 11.4. The molecule has 0 N–H and O–H groups in total. The van der Waals surface area contributed by atoms with Crippen LogP contribution >= 0.6 is 0 Å². The molecule has 2 rings (SSSR count). The maximum Gasteiger partial charge on any atom is 0.301 e. The fourth-order valence-corrected chi connectivity index (χ4v) is 1.51. The van der Waals surface area contributed by atoms with Crippen LogP contribution in [-0.4, -0.2) is 25.5 Å². The van der Waals surface area contributed by atoms with Crippen LogP contribution in [0, 0.1) is 0 Å². The zero-order chi connectivity index (χ0) is 10.1. The first kappa shape index (κ1) is 8.90. The fraction of sp³-hybridized carbons (Fsp3) is 0.200. The van der Waals surface area contributed by atoms with E-state index < -0.39 is 11.7 Å². The lowest BCUT2D eigenvalue weighted by atomic mass is 10.1. The number of hydrogen-bond acceptors (Lipinski definition) is 3. The third-order valence-corrected chi connectivity index (χ3v) is 2.14. The number of carbonyl (C=O) groups excluding carboxylic acids is 2. The van der Waals surface area contributed by atoms with Crippen LogP contribution in [0.3, 0.4) is 0 Å². The first-order valence-corrected chi connectivity index (χ1v) is 4.20. The van der Waals surface area contributed by atoms with Crippen molar-refractivity contribution in [1.82, 2.24) is 0 Å². The third-order valence-electron chi connectivity index (χ3n) is 2.14. The Balaban J connectivity index is 2.48. The second-order valence-corrected chi connectivity index (χ2v) is 3.00. The van der Waals surface area contributed by atoms with Gasteiger partial charge in [0.05, 0.1) is 11.3 Å². The van der Waals surface area contributed by atoms with E-state index in [-0.39, 0.29) is 6.73 Å². The molecule has 1 aromatic rings. The number of carbonyl (C=O) groups is 2. The van der Waals surface area contributed by atoms with Gasteiger partial charge < -0.3 is 4.74 Å². The number of amides is 1. The molecule has 0 aromatic heterocycles. The normalized spacial score (nSPS) is 14.8. The van der Waals surface area contributed by atoms with Crippen LogP contribution in [0.5, 0.6) is 0 Å². The molecule has 0 unspecified atom stereocenters. The van der Waals surface area contributed by atoms with E-state index in [1.54, 1.807) is 24.3 Å². The molecular weight excluding hydrogens is 182 g/mol. The number of ether oxygens (including phenoxy) is 1. The Hall–Kier alpha value is -1.68. The van der Waals surface area contributed by atoms with E-state index in [1.165, 1.54) is 12.0 Å². The van der Waals surface area contributed by atoms with Crippen LogP contribution in [0.15, 0.2) is 24.3 Å². The first-order chi connectivity index (χ1) is 6.75. The molecule has 1 aliphatic rings. The van der Waals surface area contributed by atoms with Gasteiger partial charge in [-0.05, 0) is 12.1 Å². The Labute approximate surface area is 81.1 Å². The molecule has 4 heteroatoms. The number of Topliss-reactive ketones (excluding diaryl/α,β-unsaturated/α-hetero) is 1. The minimum atomic E-state index is -0.520. The van der Waals surface area contributed by atoms with Gasteiger partial charge in [-0.25, -0.2) is 0 Å². The highest BCUT2D eigenvalue weighted by atomic mass is 16.5. The Kier molecular flexibility index (Phi) is 2.05. The minimum absolute atomic E-state index is 0.113. The number of anilines is 1. The largest absolute Gasteiger partial charge is 0.364 e. The Morgan fingerprint density at radius 2 is 2.00 bits per heavy atom. The van der Waals surface area contributed by atoms with E-state index in [2.05, 4.69) is 0 Å². The van der Waals surface area contributed by atoms with Gasteiger partial charge in [0, 0.05) is 7.11 Å². The maximum absolute atomic E-state index is 11.4. The molecule has 0 saturated heterocycles. The van der Waals surface area contributed by atoms with Gasteiger partial charge >= 0.3 is 5.91 Å². The molecule has 1 aromatic carbocycles. The summed E-state index contributed by atoms with van der Waals surface area (Å²) in [5, 5.41) is 0. The summed E-state index contributed by atoms with van der Waals surface area (Å²) < 4.78 is 4.85. The smallest absolute Gasteiger partial charge is 0.301 e. The van der Waals surface area contributed by atoms with Crippen LogP contribution in [0.2, 0.25) is 0 Å². The Bertz CT molecular complexity index is 400. The summed E-state index contributed by atoms with van der Waals surface area (Å²) in [6, 6.07) is 6.90. The summed E-state index contributed by atoms with van der Waals surface area (Å²) in [6.45, 7) is 0.113. The van der Waals surface area contributed by atoms with E-state index in [4.69, 9.17) is 4.74 Å². The number of rotatable bonds is 2. The minimum Gasteiger partial charge on any atom is -0.364 e. The second kappa shape index (κ2) is 3.23. The molecule has 4 nitrogen and oxygen atoms in total. The molecule has 72 valence electrons. The lowest BCUT2D eigenvalue weighted by Gasteiger charge is -2.14. The van der Waals surface area contributed by atoms with Crippen molar-refractivity contribution in [2.45, 2.75) is 0 Å². The number of methoxy groups -OCH3 is 1. The van der Waals surface area contributed by atoms with Gasteiger partial charge in [0.25, 0.3) is 5.78 Å². The zero-order valence-corrected chi connectivity index (χ0v) is 7.69. The zero-order valence-electron chi connectivity index (χ0n) is 7.69. The molecule has 1 heterocycles. The number of para-hydroxylation sites is 1.